The van der Waals surface area contributed by atoms with E-state index in [1.807, 2.05) is 0 Å². The zero-order chi connectivity index (χ0) is 23.8. The summed E-state index contributed by atoms with van der Waals surface area (Å²) >= 11 is 0. The van der Waals surface area contributed by atoms with Gasteiger partial charge < -0.3 is 4.74 Å². The van der Waals surface area contributed by atoms with E-state index in [4.69, 9.17) is 4.74 Å². The Bertz CT molecular complexity index is 950. The molecular formula is C27H35F3N2O2. The van der Waals surface area contributed by atoms with Crippen LogP contribution in [0.5, 0.6) is 5.75 Å². The smallest absolute Gasteiger partial charge is 0.451 e. The molecule has 4 nitrogen and oxygen atoms in total. The zero-order valence-electron chi connectivity index (χ0n) is 20.1. The Morgan fingerprint density at radius 2 is 1.74 bits per heavy atom. The van der Waals surface area contributed by atoms with E-state index in [0.717, 1.165) is 54.8 Å². The minimum absolute atomic E-state index is 0.0166. The number of alkyl halides is 3. The molecule has 34 heavy (non-hydrogen) atoms. The van der Waals surface area contributed by atoms with E-state index in [1.165, 1.54) is 38.5 Å². The van der Waals surface area contributed by atoms with Gasteiger partial charge in [-0.3, -0.25) is 4.79 Å². The molecule has 0 N–H and O–H groups in total. The van der Waals surface area contributed by atoms with Gasteiger partial charge in [0.2, 0.25) is 5.82 Å². The first kappa shape index (κ1) is 22.8. The van der Waals surface area contributed by atoms with Crippen LogP contribution in [0.4, 0.5) is 13.2 Å². The summed E-state index contributed by atoms with van der Waals surface area (Å²) in [4.78, 5) is 20.1. The lowest BCUT2D eigenvalue weighted by Gasteiger charge is -2.57. The number of hydrogen-bond donors (Lipinski definition) is 0. The van der Waals surface area contributed by atoms with E-state index < -0.39 is 12.0 Å². The first-order valence-corrected chi connectivity index (χ1v) is 13.2. The van der Waals surface area contributed by atoms with Crippen molar-refractivity contribution in [1.29, 1.82) is 0 Å². The third-order valence-corrected chi connectivity index (χ3v) is 10.6. The van der Waals surface area contributed by atoms with Gasteiger partial charge in [-0.05, 0) is 97.7 Å². The molecular weight excluding hydrogens is 441 g/mol. The predicted octanol–water partition coefficient (Wildman–Crippen LogP) is 6.20. The summed E-state index contributed by atoms with van der Waals surface area (Å²) in [6.45, 7) is 4.67. The number of aromatic nitrogens is 2. The molecule has 0 aromatic carbocycles. The van der Waals surface area contributed by atoms with Gasteiger partial charge in [0.05, 0.1) is 12.4 Å². The second-order valence-corrected chi connectivity index (χ2v) is 12.4. The van der Waals surface area contributed by atoms with Gasteiger partial charge in [0, 0.05) is 5.92 Å². The van der Waals surface area contributed by atoms with Crippen LogP contribution in [0.3, 0.4) is 0 Å². The molecule has 6 rings (SSSR count). The summed E-state index contributed by atoms with van der Waals surface area (Å²) in [6.07, 6.45) is 7.87. The van der Waals surface area contributed by atoms with Crippen molar-refractivity contribution in [2.24, 2.45) is 58.7 Å². The van der Waals surface area contributed by atoms with E-state index in [-0.39, 0.29) is 29.5 Å². The number of nitrogens with zero attached hydrogens (tertiary/aromatic N) is 2. The van der Waals surface area contributed by atoms with Crippen LogP contribution in [0.25, 0.3) is 0 Å². The summed E-state index contributed by atoms with van der Waals surface area (Å²) < 4.78 is 43.7. The molecule has 0 saturated heterocycles. The van der Waals surface area contributed by atoms with Crippen LogP contribution in [0.2, 0.25) is 0 Å². The third-order valence-electron chi connectivity index (χ3n) is 10.6. The molecule has 5 aliphatic carbocycles. The Morgan fingerprint density at radius 1 is 1.00 bits per heavy atom. The van der Waals surface area contributed by atoms with Crippen molar-refractivity contribution in [1.82, 2.24) is 9.97 Å². The molecule has 1 aromatic heterocycles. The monoisotopic (exact) mass is 476 g/mol. The van der Waals surface area contributed by atoms with Crippen LogP contribution in [0.15, 0.2) is 12.4 Å². The summed E-state index contributed by atoms with van der Waals surface area (Å²) in [5, 5.41) is 0. The number of ether oxygens (including phenoxy) is 1. The average Bonchev–Trinajstić information content (AvgIpc) is 3.50. The number of carbonyl (C=O) groups excluding carboxylic acids is 1. The number of Topliss-reactive ketones (excluding diaryl/α,β-unsaturated/α-hetero) is 1. The van der Waals surface area contributed by atoms with Crippen molar-refractivity contribution in [3.8, 4) is 5.75 Å². The molecule has 0 aliphatic heterocycles. The van der Waals surface area contributed by atoms with Gasteiger partial charge >= 0.3 is 6.18 Å². The molecule has 0 radical (unpaired) electrons. The van der Waals surface area contributed by atoms with Crippen LogP contribution >= 0.6 is 0 Å². The van der Waals surface area contributed by atoms with Crippen molar-refractivity contribution >= 4 is 5.78 Å². The molecule has 10 atom stereocenters. The molecule has 5 saturated carbocycles. The minimum atomic E-state index is -4.59. The van der Waals surface area contributed by atoms with Crippen LogP contribution in [-0.2, 0) is 11.0 Å². The number of rotatable bonds is 4. The van der Waals surface area contributed by atoms with Crippen LogP contribution < -0.4 is 4.74 Å². The van der Waals surface area contributed by atoms with Crippen LogP contribution in [0.1, 0.15) is 71.0 Å². The standard InChI is InChI=1S/C27H35F3N2O2/c1-14-3-5-17-15(9-14)4-6-19-18(17)7-8-26(2)23(19)20-10-21(20)24(26)22(33)13-34-16-11-31-25(32-12-16)27(28,29)30/h11-12,14-15,17-21,23-24H,3-10,13H2,1-2H3/t14-,15+,17-,18+,19+,20+,21-,23?,24+,26-/m0/s1. The highest BCUT2D eigenvalue weighted by molar-refractivity contribution is 5.84. The number of halogens is 3. The first-order chi connectivity index (χ1) is 16.2. The molecule has 1 heterocycles. The van der Waals surface area contributed by atoms with E-state index in [0.29, 0.717) is 17.8 Å². The van der Waals surface area contributed by atoms with Gasteiger partial charge in [-0.15, -0.1) is 0 Å². The molecule has 0 bridgehead atoms. The fourth-order valence-electron chi connectivity index (χ4n) is 9.44. The number of ketones is 1. The summed E-state index contributed by atoms with van der Waals surface area (Å²) in [7, 11) is 0. The zero-order valence-corrected chi connectivity index (χ0v) is 20.1. The molecule has 5 fully saturated rings. The highest BCUT2D eigenvalue weighted by Crippen LogP contribution is 2.74. The summed E-state index contributed by atoms with van der Waals surface area (Å²) in [5.74, 6) is 5.15. The molecule has 5 aliphatic rings. The fraction of sp³-hybridized carbons (Fsp3) is 0.815. The Balaban J connectivity index is 1.14. The molecule has 186 valence electrons. The van der Waals surface area contributed by atoms with Gasteiger partial charge in [-0.25, -0.2) is 9.97 Å². The van der Waals surface area contributed by atoms with Gasteiger partial charge in [0.1, 0.15) is 6.61 Å². The highest BCUT2D eigenvalue weighted by atomic mass is 19.4. The molecule has 1 aromatic rings. The lowest BCUT2D eigenvalue weighted by atomic mass is 9.48. The molecule has 0 amide bonds. The molecule has 1 unspecified atom stereocenters. The van der Waals surface area contributed by atoms with E-state index in [2.05, 4.69) is 23.8 Å². The summed E-state index contributed by atoms with van der Waals surface area (Å²) in [5.41, 5.74) is 0.0423. The van der Waals surface area contributed by atoms with E-state index in [9.17, 15) is 18.0 Å². The fourth-order valence-corrected chi connectivity index (χ4v) is 9.44. The topological polar surface area (TPSA) is 52.1 Å². The maximum atomic E-state index is 13.4. The van der Waals surface area contributed by atoms with Crippen molar-refractivity contribution in [2.75, 3.05) is 6.61 Å². The minimum Gasteiger partial charge on any atom is -0.483 e. The molecule has 7 heteroatoms. The van der Waals surface area contributed by atoms with Crippen LogP contribution in [0, 0.1) is 58.7 Å². The molecule has 0 spiro atoms. The maximum Gasteiger partial charge on any atom is 0.451 e. The van der Waals surface area contributed by atoms with Gasteiger partial charge in [-0.1, -0.05) is 20.3 Å². The third kappa shape index (κ3) is 3.59. The first-order valence-electron chi connectivity index (χ1n) is 13.2. The maximum absolute atomic E-state index is 13.4. The quantitative estimate of drug-likeness (QED) is 0.519. The second-order valence-electron chi connectivity index (χ2n) is 12.4. The Kier molecular flexibility index (Phi) is 5.31. The van der Waals surface area contributed by atoms with E-state index in [1.54, 1.807) is 0 Å². The van der Waals surface area contributed by atoms with Crippen molar-refractivity contribution in [3.05, 3.63) is 18.2 Å². The Morgan fingerprint density at radius 3 is 2.47 bits per heavy atom. The SMILES string of the molecule is C[C@H]1CC[C@H]2[C@H](CC[C@H]3C4[C@@H]5C[C@@H]5[C@H](C(=O)COc5cnc(C(F)(F)F)nc5)[C@@]4(C)CC[C@H]23)C1. The number of fused-ring (bicyclic) bond motifs is 7. The number of hydrogen-bond acceptors (Lipinski definition) is 4. The van der Waals surface area contributed by atoms with Crippen molar-refractivity contribution in [2.45, 2.75) is 71.4 Å². The van der Waals surface area contributed by atoms with Crippen LogP contribution in [-0.4, -0.2) is 22.4 Å². The van der Waals surface area contributed by atoms with Gasteiger partial charge in [-0.2, -0.15) is 13.2 Å². The normalized spacial score (nSPS) is 44.9. The average molecular weight is 477 g/mol. The highest BCUT2D eigenvalue weighted by Gasteiger charge is 2.70. The summed E-state index contributed by atoms with van der Waals surface area (Å²) in [6, 6.07) is 0. The Labute approximate surface area is 199 Å². The van der Waals surface area contributed by atoms with E-state index >= 15 is 0 Å². The predicted molar refractivity (Wildman–Crippen MR) is 120 cm³/mol. The lowest BCUT2D eigenvalue weighted by Crippen LogP contribution is -2.51. The van der Waals surface area contributed by atoms with Crippen molar-refractivity contribution in [3.63, 3.8) is 0 Å². The van der Waals surface area contributed by atoms with Gasteiger partial charge in [0.25, 0.3) is 0 Å². The number of carbonyl (C=O) groups is 1. The Hall–Kier alpha value is -1.66. The second kappa shape index (κ2) is 7.92. The van der Waals surface area contributed by atoms with Gasteiger partial charge in [0.15, 0.2) is 11.5 Å². The van der Waals surface area contributed by atoms with Crippen molar-refractivity contribution < 1.29 is 22.7 Å². The lowest BCUT2D eigenvalue weighted by molar-refractivity contribution is -0.145. The largest absolute Gasteiger partial charge is 0.483 e.